The number of hydrogen-bond donors (Lipinski definition) is 0. The molecule has 1 atom stereocenters. The molecule has 41 heavy (non-hydrogen) atoms. The maximum Gasteiger partial charge on any atom is 0.271 e. The van der Waals surface area contributed by atoms with Crippen molar-refractivity contribution < 1.29 is 4.74 Å². The average Bonchev–Trinajstić information content (AvgIpc) is 3.61. The van der Waals surface area contributed by atoms with Crippen LogP contribution in [0.3, 0.4) is 0 Å². The van der Waals surface area contributed by atoms with Gasteiger partial charge < -0.3 is 4.74 Å². The van der Waals surface area contributed by atoms with Crippen LogP contribution in [0.1, 0.15) is 39.6 Å². The molecule has 2 aromatic heterocycles. The van der Waals surface area contributed by atoms with Gasteiger partial charge in [0.1, 0.15) is 12.4 Å². The van der Waals surface area contributed by atoms with Gasteiger partial charge in [-0.15, -0.1) is 11.3 Å². The molecule has 7 rings (SSSR count). The fraction of sp³-hybridized carbons (Fsp3) is 0.125. The van der Waals surface area contributed by atoms with E-state index in [9.17, 15) is 4.79 Å². The molecule has 0 radical (unpaired) electrons. The van der Waals surface area contributed by atoms with Crippen molar-refractivity contribution in [2.45, 2.75) is 25.5 Å². The van der Waals surface area contributed by atoms with Gasteiger partial charge in [-0.3, -0.25) is 9.36 Å². The molecular formula is C32H21BrCl2N2O2S2. The fourth-order valence-electron chi connectivity index (χ4n) is 5.39. The number of benzene rings is 3. The van der Waals surface area contributed by atoms with Crippen molar-refractivity contribution in [3.05, 3.63) is 145 Å². The van der Waals surface area contributed by atoms with Gasteiger partial charge in [0.25, 0.3) is 5.56 Å². The van der Waals surface area contributed by atoms with Gasteiger partial charge in [0.05, 0.1) is 20.7 Å². The first-order chi connectivity index (χ1) is 20.0. The maximum atomic E-state index is 13.9. The van der Waals surface area contributed by atoms with Crippen LogP contribution in [0.4, 0.5) is 0 Å². The van der Waals surface area contributed by atoms with Gasteiger partial charge in [0, 0.05) is 26.0 Å². The van der Waals surface area contributed by atoms with E-state index < -0.39 is 0 Å². The Balaban J connectivity index is 1.26. The molecule has 1 aliphatic heterocycles. The Hall–Kier alpha value is -2.94. The monoisotopic (exact) mass is 678 g/mol. The molecule has 2 aliphatic rings. The van der Waals surface area contributed by atoms with E-state index in [1.807, 2.05) is 34.9 Å². The van der Waals surface area contributed by atoms with E-state index in [2.05, 4.69) is 57.7 Å². The zero-order valence-electron chi connectivity index (χ0n) is 21.4. The minimum absolute atomic E-state index is 0.0219. The van der Waals surface area contributed by atoms with Crippen LogP contribution in [0.2, 0.25) is 10.0 Å². The lowest BCUT2D eigenvalue weighted by Crippen LogP contribution is -2.38. The van der Waals surface area contributed by atoms with E-state index in [-0.39, 0.29) is 11.6 Å². The molecular weight excluding hydrogens is 659 g/mol. The Morgan fingerprint density at radius 3 is 2.73 bits per heavy atom. The molecule has 0 bridgehead atoms. The van der Waals surface area contributed by atoms with Gasteiger partial charge in [-0.1, -0.05) is 77.0 Å². The fourth-order valence-corrected chi connectivity index (χ4v) is 8.21. The summed E-state index contributed by atoms with van der Waals surface area (Å²) in [6.45, 7) is 0.309. The van der Waals surface area contributed by atoms with Crippen molar-refractivity contribution in [3.8, 4) is 5.75 Å². The molecule has 0 saturated carbocycles. The molecule has 0 N–H and O–H groups in total. The summed E-state index contributed by atoms with van der Waals surface area (Å²) in [6, 6.07) is 23.6. The normalized spacial score (nSPS) is 16.2. The highest BCUT2D eigenvalue weighted by atomic mass is 79.9. The number of fused-ring (bicyclic) bond motifs is 3. The molecule has 3 aromatic carbocycles. The van der Waals surface area contributed by atoms with E-state index in [0.717, 1.165) is 43.8 Å². The van der Waals surface area contributed by atoms with Gasteiger partial charge >= 0.3 is 0 Å². The zero-order chi connectivity index (χ0) is 28.1. The van der Waals surface area contributed by atoms with Crippen LogP contribution in [0.25, 0.3) is 11.8 Å². The molecule has 0 unspecified atom stereocenters. The molecule has 0 fully saturated rings. The first-order valence-corrected chi connectivity index (χ1v) is 16.2. The zero-order valence-corrected chi connectivity index (χ0v) is 26.2. The van der Waals surface area contributed by atoms with Crippen molar-refractivity contribution in [3.63, 3.8) is 0 Å². The standard InChI is InChI=1S/C32H21BrCl2N2O2S2/c33-24-14-18(7-12-26(24)39-17-20-8-10-21(34)16-25(20)35)15-28-31(38)37-30(27-6-3-13-40-27)23-11-9-19-4-1-2-5-22(19)29(23)36-32(37)41-28/h1-8,10,12-16,30H,9,11,17H2/b28-15+/t30-/m0/s1. The van der Waals surface area contributed by atoms with Crippen LogP contribution in [-0.4, -0.2) is 4.57 Å². The van der Waals surface area contributed by atoms with Crippen LogP contribution in [0, 0.1) is 0 Å². The summed E-state index contributed by atoms with van der Waals surface area (Å²) in [5, 5.41) is 3.22. The van der Waals surface area contributed by atoms with Crippen LogP contribution in [0.5, 0.6) is 5.75 Å². The number of aromatic nitrogens is 1. The molecule has 3 heterocycles. The smallest absolute Gasteiger partial charge is 0.271 e. The third kappa shape index (κ3) is 5.04. The number of nitrogens with zero attached hydrogens (tertiary/aromatic N) is 2. The highest BCUT2D eigenvalue weighted by Gasteiger charge is 2.33. The summed E-state index contributed by atoms with van der Waals surface area (Å²) in [4.78, 5) is 20.9. The predicted octanol–water partition coefficient (Wildman–Crippen LogP) is 8.03. The van der Waals surface area contributed by atoms with Crippen molar-refractivity contribution in [2.24, 2.45) is 4.99 Å². The second kappa shape index (κ2) is 11.0. The van der Waals surface area contributed by atoms with Crippen LogP contribution < -0.4 is 19.6 Å². The first kappa shape index (κ1) is 26.9. The quantitative estimate of drug-likeness (QED) is 0.189. The topological polar surface area (TPSA) is 43.6 Å². The lowest BCUT2D eigenvalue weighted by atomic mass is 9.85. The minimum atomic E-state index is -0.140. The number of thiazole rings is 1. The minimum Gasteiger partial charge on any atom is -0.488 e. The summed E-state index contributed by atoms with van der Waals surface area (Å²) < 4.78 is 9.32. The van der Waals surface area contributed by atoms with Gasteiger partial charge in [0.2, 0.25) is 0 Å². The van der Waals surface area contributed by atoms with E-state index in [1.54, 1.807) is 23.5 Å². The highest BCUT2D eigenvalue weighted by Crippen LogP contribution is 2.42. The number of halogens is 3. The van der Waals surface area contributed by atoms with Crippen molar-refractivity contribution in [1.82, 2.24) is 4.57 Å². The van der Waals surface area contributed by atoms with E-state index in [0.29, 0.717) is 26.9 Å². The third-order valence-corrected chi connectivity index (χ3v) is 10.5. The number of hydrogen-bond acceptors (Lipinski definition) is 5. The predicted molar refractivity (Wildman–Crippen MR) is 172 cm³/mol. The van der Waals surface area contributed by atoms with E-state index in [1.165, 1.54) is 28.0 Å². The van der Waals surface area contributed by atoms with Crippen molar-refractivity contribution in [1.29, 1.82) is 0 Å². The summed E-state index contributed by atoms with van der Waals surface area (Å²) in [6.07, 6.45) is 3.76. The van der Waals surface area contributed by atoms with E-state index in [4.69, 9.17) is 32.9 Å². The second-order valence-corrected chi connectivity index (χ2v) is 13.5. The Bertz CT molecular complexity index is 2030. The molecule has 0 saturated heterocycles. The summed E-state index contributed by atoms with van der Waals surface area (Å²) >= 11 is 19.1. The Labute approximate surface area is 262 Å². The van der Waals surface area contributed by atoms with Crippen LogP contribution in [-0.2, 0) is 13.0 Å². The summed E-state index contributed by atoms with van der Waals surface area (Å²) in [7, 11) is 0. The number of thiophene rings is 1. The van der Waals surface area contributed by atoms with Gasteiger partial charge in [-0.25, -0.2) is 4.99 Å². The van der Waals surface area contributed by atoms with Gasteiger partial charge in [-0.2, -0.15) is 0 Å². The van der Waals surface area contributed by atoms with E-state index >= 15 is 0 Å². The number of allylic oxidation sites excluding steroid dienone is 1. The molecule has 0 amide bonds. The van der Waals surface area contributed by atoms with Crippen molar-refractivity contribution in [2.75, 3.05) is 0 Å². The van der Waals surface area contributed by atoms with Gasteiger partial charge in [-0.05, 0) is 87.3 Å². The number of aryl methyl sites for hydroxylation is 1. The SMILES string of the molecule is O=c1/c(=C\c2ccc(OCc3ccc(Cl)cc3Cl)c(Br)c2)sc2n1[C@H](c1cccs1)C1=C(N=2)c2ccccc2CC1. The lowest BCUT2D eigenvalue weighted by molar-refractivity contribution is 0.304. The average molecular weight is 680 g/mol. The summed E-state index contributed by atoms with van der Waals surface area (Å²) in [5.41, 5.74) is 6.43. The Morgan fingerprint density at radius 1 is 1.05 bits per heavy atom. The highest BCUT2D eigenvalue weighted by molar-refractivity contribution is 9.10. The maximum absolute atomic E-state index is 13.9. The lowest BCUT2D eigenvalue weighted by Gasteiger charge is -2.30. The van der Waals surface area contributed by atoms with Crippen LogP contribution >= 0.6 is 61.8 Å². The Kier molecular flexibility index (Phi) is 7.25. The molecule has 1 aliphatic carbocycles. The molecule has 204 valence electrons. The van der Waals surface area contributed by atoms with Gasteiger partial charge in [0.15, 0.2) is 4.80 Å². The Morgan fingerprint density at radius 2 is 1.93 bits per heavy atom. The second-order valence-electron chi connectivity index (χ2n) is 9.84. The number of ether oxygens (including phenoxy) is 1. The molecule has 4 nitrogen and oxygen atoms in total. The summed E-state index contributed by atoms with van der Waals surface area (Å²) in [5.74, 6) is 0.679. The van der Waals surface area contributed by atoms with Crippen molar-refractivity contribution >= 4 is 73.6 Å². The largest absolute Gasteiger partial charge is 0.488 e. The third-order valence-electron chi connectivity index (χ3n) is 7.34. The molecule has 9 heteroatoms. The number of rotatable bonds is 5. The molecule has 5 aromatic rings. The first-order valence-electron chi connectivity index (χ1n) is 13.0. The van der Waals surface area contributed by atoms with Crippen LogP contribution in [0.15, 0.2) is 98.0 Å². The molecule has 0 spiro atoms.